The lowest BCUT2D eigenvalue weighted by molar-refractivity contribution is 0.120. The summed E-state index contributed by atoms with van der Waals surface area (Å²) in [6, 6.07) is 16.1. The van der Waals surface area contributed by atoms with Gasteiger partial charge in [-0.05, 0) is 35.4 Å². The van der Waals surface area contributed by atoms with Crippen molar-refractivity contribution in [3.63, 3.8) is 0 Å². The second kappa shape index (κ2) is 11.5. The molecule has 0 unspecified atom stereocenters. The molecular weight excluding hydrogens is 411 g/mol. The molecule has 2 aromatic carbocycles. The van der Waals surface area contributed by atoms with Gasteiger partial charge >= 0.3 is 0 Å². The van der Waals surface area contributed by atoms with Gasteiger partial charge in [0.2, 0.25) is 6.79 Å². The molecule has 29 heavy (non-hydrogen) atoms. The van der Waals surface area contributed by atoms with Crippen LogP contribution < -0.4 is 20.1 Å². The van der Waals surface area contributed by atoms with E-state index in [0.717, 1.165) is 62.2 Å². The molecule has 6 nitrogen and oxygen atoms in total. The van der Waals surface area contributed by atoms with Crippen molar-refractivity contribution in [2.45, 2.75) is 12.8 Å². The van der Waals surface area contributed by atoms with E-state index < -0.39 is 0 Å². The number of rotatable bonds is 8. The first-order valence-electron chi connectivity index (χ1n) is 9.33. The van der Waals surface area contributed by atoms with Gasteiger partial charge < -0.3 is 20.1 Å². The molecule has 0 saturated carbocycles. The van der Waals surface area contributed by atoms with E-state index in [9.17, 15) is 0 Å². The van der Waals surface area contributed by atoms with Crippen molar-refractivity contribution >= 4 is 36.5 Å². The van der Waals surface area contributed by atoms with Crippen molar-refractivity contribution in [3.8, 4) is 11.5 Å². The van der Waals surface area contributed by atoms with Crippen LogP contribution in [0.2, 0.25) is 0 Å². The van der Waals surface area contributed by atoms with Crippen LogP contribution >= 0.6 is 24.8 Å². The molecule has 2 heterocycles. The fraction of sp³-hybridized carbons (Fsp3) is 0.333. The Kier molecular flexibility index (Phi) is 9.09. The average molecular weight is 437 g/mol. The molecule has 4 rings (SSSR count). The quantitative estimate of drug-likeness (QED) is 0.624. The zero-order chi connectivity index (χ0) is 18.3. The van der Waals surface area contributed by atoms with E-state index in [1.807, 2.05) is 24.3 Å². The third kappa shape index (κ3) is 6.84. The zero-order valence-electron chi connectivity index (χ0n) is 16.1. The van der Waals surface area contributed by atoms with E-state index in [1.54, 1.807) is 0 Å². The number of nitrogens with one attached hydrogen (secondary N) is 2. The summed E-state index contributed by atoms with van der Waals surface area (Å²) in [5, 5.41) is 6.57. The van der Waals surface area contributed by atoms with Crippen LogP contribution in [0, 0.1) is 0 Å². The van der Waals surface area contributed by atoms with E-state index in [-0.39, 0.29) is 31.6 Å². The summed E-state index contributed by atoms with van der Waals surface area (Å²) >= 11 is 0. The number of amidine groups is 2. The van der Waals surface area contributed by atoms with Crippen LogP contribution in [0.15, 0.2) is 58.5 Å². The van der Waals surface area contributed by atoms with E-state index in [1.165, 1.54) is 11.1 Å². The minimum atomic E-state index is 0. The summed E-state index contributed by atoms with van der Waals surface area (Å²) in [5.74, 6) is 3.71. The zero-order valence-corrected chi connectivity index (χ0v) is 17.7. The molecule has 0 amide bonds. The monoisotopic (exact) mass is 436 g/mol. The second-order valence-electron chi connectivity index (χ2n) is 6.56. The maximum absolute atomic E-state index is 5.68. The van der Waals surface area contributed by atoms with Crippen molar-refractivity contribution in [2.24, 2.45) is 9.98 Å². The molecule has 0 atom stereocenters. The summed E-state index contributed by atoms with van der Waals surface area (Å²) < 4.78 is 11.4. The Morgan fingerprint density at radius 2 is 1.07 bits per heavy atom. The highest BCUT2D eigenvalue weighted by atomic mass is 35.5. The van der Waals surface area contributed by atoms with Gasteiger partial charge in [-0.3, -0.25) is 9.98 Å². The van der Waals surface area contributed by atoms with Gasteiger partial charge in [-0.1, -0.05) is 24.3 Å². The number of hydrogen-bond acceptors (Lipinski definition) is 6. The topological polar surface area (TPSA) is 67.2 Å². The first kappa shape index (κ1) is 22.8. The van der Waals surface area contributed by atoms with Crippen molar-refractivity contribution in [2.75, 3.05) is 33.0 Å². The lowest BCUT2D eigenvalue weighted by atomic mass is 10.1. The third-order valence-corrected chi connectivity index (χ3v) is 4.53. The molecule has 0 aromatic heterocycles. The summed E-state index contributed by atoms with van der Waals surface area (Å²) in [6.07, 6.45) is 1.68. The Morgan fingerprint density at radius 3 is 1.41 bits per heavy atom. The molecule has 0 saturated heterocycles. The first-order chi connectivity index (χ1) is 13.3. The predicted octanol–water partition coefficient (Wildman–Crippen LogP) is 3.03. The van der Waals surface area contributed by atoms with Crippen LogP contribution in [0.1, 0.15) is 11.1 Å². The molecular formula is C21H26Cl2N4O2. The molecule has 0 bridgehead atoms. The van der Waals surface area contributed by atoms with Crippen LogP contribution in [0.25, 0.3) is 0 Å². The molecule has 0 spiro atoms. The van der Waals surface area contributed by atoms with E-state index in [4.69, 9.17) is 9.47 Å². The van der Waals surface area contributed by atoms with Gasteiger partial charge in [0.1, 0.15) is 23.2 Å². The first-order valence-corrected chi connectivity index (χ1v) is 9.33. The molecule has 0 aliphatic carbocycles. The number of benzene rings is 2. The molecule has 8 heteroatoms. The van der Waals surface area contributed by atoms with Crippen molar-refractivity contribution < 1.29 is 9.47 Å². The largest absolute Gasteiger partial charge is 0.458 e. The van der Waals surface area contributed by atoms with Crippen molar-refractivity contribution in [1.82, 2.24) is 10.6 Å². The highest BCUT2D eigenvalue weighted by Gasteiger charge is 2.07. The van der Waals surface area contributed by atoms with Gasteiger partial charge in [0.15, 0.2) is 0 Å². The Labute approximate surface area is 183 Å². The molecule has 2 N–H and O–H groups in total. The molecule has 2 aliphatic rings. The normalized spacial score (nSPS) is 14.5. The fourth-order valence-corrected chi connectivity index (χ4v) is 3.09. The van der Waals surface area contributed by atoms with Gasteiger partial charge in [0.25, 0.3) is 0 Å². The molecule has 0 fully saturated rings. The van der Waals surface area contributed by atoms with Crippen LogP contribution in [0.3, 0.4) is 0 Å². The van der Waals surface area contributed by atoms with Crippen LogP contribution in [-0.2, 0) is 12.8 Å². The Bertz CT molecular complexity index is 754. The standard InChI is InChI=1S/C21H24N4O2.2ClH/c1-5-18(6-2-16(1)13-20-22-9-10-23-20)26-15-27-19-7-3-17(4-8-19)14-21-24-11-12-25-21;;/h1-8H,9-15H2,(H,22,23)(H,24,25);2*1H. The SMILES string of the molecule is Cl.Cl.c1cc(OCOc2ccc(CC3=NCCN3)cc2)ccc1CC1=NCCN1. The predicted molar refractivity (Wildman–Crippen MR) is 122 cm³/mol. The van der Waals surface area contributed by atoms with Gasteiger partial charge in [-0.2, -0.15) is 0 Å². The summed E-state index contributed by atoms with van der Waals surface area (Å²) in [5.41, 5.74) is 2.43. The Hall–Kier alpha value is -2.44. The number of ether oxygens (including phenoxy) is 2. The van der Waals surface area contributed by atoms with E-state index in [0.29, 0.717) is 0 Å². The van der Waals surface area contributed by atoms with Crippen molar-refractivity contribution in [1.29, 1.82) is 0 Å². The summed E-state index contributed by atoms with van der Waals surface area (Å²) in [6.45, 7) is 3.82. The lowest BCUT2D eigenvalue weighted by Crippen LogP contribution is -2.20. The summed E-state index contributed by atoms with van der Waals surface area (Å²) in [4.78, 5) is 8.83. The second-order valence-corrected chi connectivity index (χ2v) is 6.56. The van der Waals surface area contributed by atoms with Crippen LogP contribution in [-0.4, -0.2) is 44.6 Å². The number of hydrogen-bond donors (Lipinski definition) is 2. The summed E-state index contributed by atoms with van der Waals surface area (Å²) in [7, 11) is 0. The minimum absolute atomic E-state index is 0. The Balaban J connectivity index is 0.00000150. The average Bonchev–Trinajstić information content (AvgIpc) is 3.39. The molecule has 0 radical (unpaired) electrons. The van der Waals surface area contributed by atoms with E-state index in [2.05, 4.69) is 44.9 Å². The molecule has 156 valence electrons. The fourth-order valence-electron chi connectivity index (χ4n) is 3.09. The van der Waals surface area contributed by atoms with Crippen molar-refractivity contribution in [3.05, 3.63) is 59.7 Å². The van der Waals surface area contributed by atoms with E-state index >= 15 is 0 Å². The third-order valence-electron chi connectivity index (χ3n) is 4.53. The van der Waals surface area contributed by atoms with Crippen LogP contribution in [0.5, 0.6) is 11.5 Å². The maximum atomic E-state index is 5.68. The van der Waals surface area contributed by atoms with Gasteiger partial charge in [-0.25, -0.2) is 0 Å². The van der Waals surface area contributed by atoms with Crippen LogP contribution in [0.4, 0.5) is 0 Å². The Morgan fingerprint density at radius 1 is 0.655 bits per heavy atom. The molecule has 2 aliphatic heterocycles. The lowest BCUT2D eigenvalue weighted by Gasteiger charge is -2.10. The maximum Gasteiger partial charge on any atom is 0.230 e. The van der Waals surface area contributed by atoms with Gasteiger partial charge in [-0.15, -0.1) is 24.8 Å². The highest BCUT2D eigenvalue weighted by Crippen LogP contribution is 2.16. The number of nitrogens with zero attached hydrogens (tertiary/aromatic N) is 2. The van der Waals surface area contributed by atoms with Gasteiger partial charge in [0, 0.05) is 25.9 Å². The number of halogens is 2. The minimum Gasteiger partial charge on any atom is -0.458 e. The highest BCUT2D eigenvalue weighted by molar-refractivity contribution is 5.86. The van der Waals surface area contributed by atoms with Gasteiger partial charge in [0.05, 0.1) is 13.1 Å². The number of aliphatic imine (C=N–C) groups is 2. The molecule has 2 aromatic rings. The smallest absolute Gasteiger partial charge is 0.230 e.